The minimum Gasteiger partial charge on any atom is -0.534 e. The number of methoxy groups -OCH3 is 1. The van der Waals surface area contributed by atoms with E-state index in [9.17, 15) is 14.6 Å². The van der Waals surface area contributed by atoms with Crippen LogP contribution in [0.5, 0.6) is 5.75 Å². The number of unbranched alkanes of at least 4 members (excludes halogenated alkanes) is 1. The van der Waals surface area contributed by atoms with Gasteiger partial charge in [0.2, 0.25) is 5.91 Å². The van der Waals surface area contributed by atoms with Crippen molar-refractivity contribution in [3.8, 4) is 11.8 Å². The molecule has 1 aromatic rings. The maximum absolute atomic E-state index is 11.8. The Morgan fingerprint density at radius 1 is 1.57 bits per heavy atom. The summed E-state index contributed by atoms with van der Waals surface area (Å²) in [6.07, 6.45) is 1.33. The number of nitrogens with zero attached hydrogens (tertiary/aromatic N) is 1. The summed E-state index contributed by atoms with van der Waals surface area (Å²) in [5.74, 6) is -1.12. The number of carbonyl (C=O) groups excluding carboxylic acids is 2. The second-order valence-corrected chi connectivity index (χ2v) is 5.18. The summed E-state index contributed by atoms with van der Waals surface area (Å²) in [6, 6.07) is 6.99. The van der Waals surface area contributed by atoms with E-state index in [1.54, 1.807) is 18.2 Å². The lowest BCUT2D eigenvalue weighted by Crippen LogP contribution is -2.53. The van der Waals surface area contributed by atoms with Crippen LogP contribution in [0, 0.1) is 11.3 Å². The molecule has 2 N–H and O–H groups in total. The first-order chi connectivity index (χ1) is 11.1. The highest BCUT2D eigenvalue weighted by Gasteiger charge is 2.37. The highest BCUT2D eigenvalue weighted by atomic mass is 16.5. The molecule has 23 heavy (non-hydrogen) atoms. The van der Waals surface area contributed by atoms with Crippen LogP contribution in [0.3, 0.4) is 0 Å². The molecule has 0 radical (unpaired) electrons. The number of nitriles is 1. The third kappa shape index (κ3) is 4.02. The minimum atomic E-state index is -1.26. The Morgan fingerprint density at radius 2 is 2.35 bits per heavy atom. The van der Waals surface area contributed by atoms with Crippen molar-refractivity contribution in [3.05, 3.63) is 29.3 Å². The van der Waals surface area contributed by atoms with Crippen LogP contribution >= 0.6 is 0 Å². The molecule has 1 aromatic carbocycles. The van der Waals surface area contributed by atoms with E-state index in [0.717, 1.165) is 0 Å². The number of para-hydroxylation sites is 1. The van der Waals surface area contributed by atoms with Crippen LogP contribution in [0.2, 0.25) is 0 Å². The molecule has 7 nitrogen and oxygen atoms in total. The van der Waals surface area contributed by atoms with E-state index in [1.807, 2.05) is 6.07 Å². The Balaban J connectivity index is 2.08. The number of rotatable bonds is 5. The number of carbonyl (C=O) groups is 2. The smallest absolute Gasteiger partial charge is 0.534 e. The topological polar surface area (TPSA) is 109 Å². The van der Waals surface area contributed by atoms with E-state index in [0.29, 0.717) is 24.8 Å². The van der Waals surface area contributed by atoms with Crippen LogP contribution in [-0.2, 0) is 16.0 Å². The van der Waals surface area contributed by atoms with Gasteiger partial charge in [0.15, 0.2) is 0 Å². The maximum Gasteiger partial charge on any atom is 0.547 e. The van der Waals surface area contributed by atoms with E-state index >= 15 is 0 Å². The summed E-state index contributed by atoms with van der Waals surface area (Å²) in [6.45, 7) is 0. The van der Waals surface area contributed by atoms with Crippen LogP contribution in [0.25, 0.3) is 0 Å². The Bertz CT molecular complexity index is 643. The fourth-order valence-corrected chi connectivity index (χ4v) is 2.43. The van der Waals surface area contributed by atoms with E-state index in [2.05, 4.69) is 10.1 Å². The normalized spacial score (nSPS) is 15.9. The van der Waals surface area contributed by atoms with Gasteiger partial charge in [0.05, 0.1) is 19.1 Å². The van der Waals surface area contributed by atoms with Gasteiger partial charge >= 0.3 is 13.1 Å². The van der Waals surface area contributed by atoms with Crippen molar-refractivity contribution < 1.29 is 24.0 Å². The Hall–Kier alpha value is -2.53. The van der Waals surface area contributed by atoms with Gasteiger partial charge in [-0.3, -0.25) is 4.79 Å². The van der Waals surface area contributed by atoms with Gasteiger partial charge in [-0.15, -0.1) is 0 Å². The number of esters is 1. The van der Waals surface area contributed by atoms with Crippen molar-refractivity contribution >= 4 is 19.0 Å². The van der Waals surface area contributed by atoms with Crippen molar-refractivity contribution in [1.29, 1.82) is 5.26 Å². The molecule has 0 aliphatic carbocycles. The molecule has 0 fully saturated rings. The number of hydrogen-bond donors (Lipinski definition) is 2. The van der Waals surface area contributed by atoms with Crippen molar-refractivity contribution in [2.75, 3.05) is 7.11 Å². The van der Waals surface area contributed by atoms with E-state index in [1.165, 1.54) is 7.11 Å². The predicted molar refractivity (Wildman–Crippen MR) is 81.5 cm³/mol. The summed E-state index contributed by atoms with van der Waals surface area (Å²) in [7, 11) is 0.0128. The zero-order valence-electron chi connectivity index (χ0n) is 12.7. The average Bonchev–Trinajstić information content (AvgIpc) is 2.54. The van der Waals surface area contributed by atoms with Crippen molar-refractivity contribution in [1.82, 2.24) is 5.32 Å². The highest BCUT2D eigenvalue weighted by molar-refractivity contribution is 6.47. The Labute approximate surface area is 134 Å². The first-order valence-electron chi connectivity index (χ1n) is 7.28. The lowest BCUT2D eigenvalue weighted by Gasteiger charge is -2.29. The Kier molecular flexibility index (Phi) is 5.60. The second kappa shape index (κ2) is 7.65. The maximum atomic E-state index is 11.8. The standard InChI is InChI=1S/C15H17BN2O5/c1-22-15(20)11-6-4-5-10-9-12(16(21)23-14(10)11)18-13(19)7-2-3-8-17/h4-6,12,21H,2-3,7,9H2,1H3,(H,18,19)/t12-/m0/s1. The molecule has 120 valence electrons. The van der Waals surface area contributed by atoms with E-state index in [-0.39, 0.29) is 23.6 Å². The molecule has 1 atom stereocenters. The molecular formula is C15H17BN2O5. The molecule has 0 unspecified atom stereocenters. The largest absolute Gasteiger partial charge is 0.547 e. The van der Waals surface area contributed by atoms with Gasteiger partial charge in [-0.25, -0.2) is 4.79 Å². The molecule has 0 saturated carbocycles. The summed E-state index contributed by atoms with van der Waals surface area (Å²) in [5.41, 5.74) is 0.948. The first-order valence-corrected chi connectivity index (χ1v) is 7.28. The minimum absolute atomic E-state index is 0.214. The Morgan fingerprint density at radius 3 is 3.04 bits per heavy atom. The molecular weight excluding hydrogens is 299 g/mol. The molecule has 0 bridgehead atoms. The number of hydrogen-bond acceptors (Lipinski definition) is 6. The average molecular weight is 316 g/mol. The van der Waals surface area contributed by atoms with Gasteiger partial charge in [-0.05, 0) is 24.5 Å². The summed E-state index contributed by atoms with van der Waals surface area (Å²) in [4.78, 5) is 23.5. The van der Waals surface area contributed by atoms with E-state index in [4.69, 9.17) is 9.92 Å². The fraction of sp³-hybridized carbons (Fsp3) is 0.400. The molecule has 0 saturated heterocycles. The molecule has 8 heteroatoms. The third-order valence-electron chi connectivity index (χ3n) is 3.56. The number of fused-ring (bicyclic) bond motifs is 1. The van der Waals surface area contributed by atoms with Gasteiger partial charge in [0.1, 0.15) is 11.3 Å². The lowest BCUT2D eigenvalue weighted by molar-refractivity contribution is -0.121. The predicted octanol–water partition coefficient (Wildman–Crippen LogP) is 0.606. The van der Waals surface area contributed by atoms with Gasteiger partial charge in [0, 0.05) is 12.8 Å². The number of ether oxygens (including phenoxy) is 1. The molecule has 2 rings (SSSR count). The third-order valence-corrected chi connectivity index (χ3v) is 3.56. The molecule has 0 spiro atoms. The fourth-order valence-electron chi connectivity index (χ4n) is 2.43. The van der Waals surface area contributed by atoms with Crippen LogP contribution in [-0.4, -0.2) is 37.1 Å². The van der Waals surface area contributed by atoms with Gasteiger partial charge in [0.25, 0.3) is 0 Å². The van der Waals surface area contributed by atoms with Crippen LogP contribution < -0.4 is 9.97 Å². The second-order valence-electron chi connectivity index (χ2n) is 5.18. The first kappa shape index (κ1) is 16.8. The summed E-state index contributed by atoms with van der Waals surface area (Å²) >= 11 is 0. The lowest BCUT2D eigenvalue weighted by atomic mass is 9.72. The number of benzene rings is 1. The molecule has 1 aliphatic heterocycles. The number of amides is 1. The highest BCUT2D eigenvalue weighted by Crippen LogP contribution is 2.30. The van der Waals surface area contributed by atoms with Crippen molar-refractivity contribution in [2.24, 2.45) is 0 Å². The molecule has 1 aliphatic rings. The quantitative estimate of drug-likeness (QED) is 0.468. The van der Waals surface area contributed by atoms with Crippen molar-refractivity contribution in [3.63, 3.8) is 0 Å². The molecule has 1 heterocycles. The van der Waals surface area contributed by atoms with Crippen molar-refractivity contribution in [2.45, 2.75) is 31.6 Å². The summed E-state index contributed by atoms with van der Waals surface area (Å²) in [5, 5.41) is 21.2. The monoisotopic (exact) mass is 316 g/mol. The van der Waals surface area contributed by atoms with Gasteiger partial charge < -0.3 is 19.7 Å². The summed E-state index contributed by atoms with van der Waals surface area (Å²) < 4.78 is 10.1. The zero-order chi connectivity index (χ0) is 16.8. The van der Waals surface area contributed by atoms with Crippen LogP contribution in [0.4, 0.5) is 0 Å². The van der Waals surface area contributed by atoms with Crippen LogP contribution in [0.1, 0.15) is 35.2 Å². The zero-order valence-corrected chi connectivity index (χ0v) is 12.7. The molecule has 0 aromatic heterocycles. The van der Waals surface area contributed by atoms with Gasteiger partial charge in [-0.2, -0.15) is 5.26 Å². The van der Waals surface area contributed by atoms with E-state index < -0.39 is 19.0 Å². The number of nitrogens with one attached hydrogen (secondary N) is 1. The van der Waals surface area contributed by atoms with Gasteiger partial charge in [-0.1, -0.05) is 12.1 Å². The SMILES string of the molecule is COC(=O)c1cccc2c1OB(O)[C@@H](NC(=O)CCCC#N)C2. The van der Waals surface area contributed by atoms with Crippen LogP contribution in [0.15, 0.2) is 18.2 Å². The molecule has 1 amide bonds.